The standard InChI is InChI=1S/C16H15F3N2/c1-3-7-14(16(17,18)19)10-13(11-20)15(21-2)12-8-5-4-6-9-12/h4-10H,3H2,1-2H3/b13-10-,14-7-,21-15-. The van der Waals surface area contributed by atoms with Crippen LogP contribution in [0.2, 0.25) is 0 Å². The second-order valence-electron chi connectivity index (χ2n) is 4.17. The van der Waals surface area contributed by atoms with E-state index in [0.717, 1.165) is 12.2 Å². The first-order valence-corrected chi connectivity index (χ1v) is 6.35. The number of hydrogen-bond acceptors (Lipinski definition) is 2. The molecule has 0 radical (unpaired) electrons. The lowest BCUT2D eigenvalue weighted by molar-refractivity contribution is -0.0884. The molecule has 110 valence electrons. The molecule has 1 rings (SSSR count). The molecular formula is C16H15F3N2. The number of allylic oxidation sites excluding steroid dienone is 4. The third-order valence-corrected chi connectivity index (χ3v) is 2.70. The Kier molecular flexibility index (Phi) is 5.92. The van der Waals surface area contributed by atoms with E-state index in [4.69, 9.17) is 0 Å². The van der Waals surface area contributed by atoms with E-state index in [1.165, 1.54) is 7.05 Å². The molecule has 2 nitrogen and oxygen atoms in total. The minimum Gasteiger partial charge on any atom is -0.287 e. The zero-order chi connectivity index (χ0) is 15.9. The summed E-state index contributed by atoms with van der Waals surface area (Å²) in [5.41, 5.74) is -0.102. The summed E-state index contributed by atoms with van der Waals surface area (Å²) in [5.74, 6) is 0. The zero-order valence-electron chi connectivity index (χ0n) is 11.8. The maximum atomic E-state index is 12.9. The average Bonchev–Trinajstić information content (AvgIpc) is 2.46. The van der Waals surface area contributed by atoms with Crippen LogP contribution in [-0.4, -0.2) is 18.9 Å². The molecule has 5 heteroatoms. The molecule has 0 fully saturated rings. The van der Waals surface area contributed by atoms with Gasteiger partial charge in [-0.1, -0.05) is 43.3 Å². The van der Waals surface area contributed by atoms with Gasteiger partial charge in [-0.2, -0.15) is 18.4 Å². The molecule has 0 spiro atoms. The van der Waals surface area contributed by atoms with E-state index in [1.54, 1.807) is 43.3 Å². The number of benzene rings is 1. The fourth-order valence-corrected chi connectivity index (χ4v) is 1.79. The number of hydrogen-bond donors (Lipinski definition) is 0. The Morgan fingerprint density at radius 1 is 1.29 bits per heavy atom. The first kappa shape index (κ1) is 16.7. The molecule has 1 aromatic carbocycles. The van der Waals surface area contributed by atoms with Crippen molar-refractivity contribution in [2.75, 3.05) is 7.05 Å². The van der Waals surface area contributed by atoms with E-state index in [-0.39, 0.29) is 17.7 Å². The highest BCUT2D eigenvalue weighted by molar-refractivity contribution is 6.15. The summed E-state index contributed by atoms with van der Waals surface area (Å²) in [7, 11) is 1.45. The third-order valence-electron chi connectivity index (χ3n) is 2.70. The summed E-state index contributed by atoms with van der Waals surface area (Å²) >= 11 is 0. The molecule has 0 saturated carbocycles. The van der Waals surface area contributed by atoms with Crippen molar-refractivity contribution in [1.82, 2.24) is 0 Å². The molecule has 0 saturated heterocycles. The number of aliphatic imine (C=N–C) groups is 1. The predicted molar refractivity (Wildman–Crippen MR) is 77.0 cm³/mol. The van der Waals surface area contributed by atoms with E-state index in [2.05, 4.69) is 4.99 Å². The third kappa shape index (κ3) is 4.60. The van der Waals surface area contributed by atoms with Gasteiger partial charge >= 0.3 is 6.18 Å². The van der Waals surface area contributed by atoms with Gasteiger partial charge in [-0.3, -0.25) is 4.99 Å². The highest BCUT2D eigenvalue weighted by Gasteiger charge is 2.32. The van der Waals surface area contributed by atoms with Crippen LogP contribution in [0.5, 0.6) is 0 Å². The minimum absolute atomic E-state index is 0.110. The molecule has 0 unspecified atom stereocenters. The number of nitriles is 1. The smallest absolute Gasteiger partial charge is 0.287 e. The quantitative estimate of drug-likeness (QED) is 0.458. The van der Waals surface area contributed by atoms with Crippen LogP contribution in [0.25, 0.3) is 0 Å². The fourth-order valence-electron chi connectivity index (χ4n) is 1.79. The Morgan fingerprint density at radius 3 is 2.33 bits per heavy atom. The molecule has 0 aliphatic carbocycles. The van der Waals surface area contributed by atoms with Gasteiger partial charge in [0, 0.05) is 12.6 Å². The molecular weight excluding hydrogens is 277 g/mol. The lowest BCUT2D eigenvalue weighted by atomic mass is 10.0. The SMILES string of the molecule is CC/C=C(/C=C(C#N)\C(=N/C)c1ccccc1)C(F)(F)F. The maximum absolute atomic E-state index is 12.9. The van der Waals surface area contributed by atoms with Gasteiger partial charge in [-0.25, -0.2) is 0 Å². The highest BCUT2D eigenvalue weighted by atomic mass is 19.4. The maximum Gasteiger partial charge on any atom is 0.416 e. The van der Waals surface area contributed by atoms with Crippen LogP contribution in [0, 0.1) is 11.3 Å². The van der Waals surface area contributed by atoms with Gasteiger partial charge < -0.3 is 0 Å². The van der Waals surface area contributed by atoms with E-state index < -0.39 is 11.7 Å². The normalized spacial score (nSPS) is 14.0. The Bertz CT molecular complexity index is 603. The molecule has 0 aliphatic heterocycles. The van der Waals surface area contributed by atoms with Crippen molar-refractivity contribution < 1.29 is 13.2 Å². The fraction of sp³-hybridized carbons (Fsp3) is 0.250. The van der Waals surface area contributed by atoms with Gasteiger partial charge in [0.1, 0.15) is 6.07 Å². The number of nitrogens with zero attached hydrogens (tertiary/aromatic N) is 2. The van der Waals surface area contributed by atoms with Crippen molar-refractivity contribution in [3.8, 4) is 6.07 Å². The summed E-state index contributed by atoms with van der Waals surface area (Å²) in [6.45, 7) is 1.61. The Morgan fingerprint density at radius 2 is 1.90 bits per heavy atom. The van der Waals surface area contributed by atoms with Gasteiger partial charge in [0.25, 0.3) is 0 Å². The van der Waals surface area contributed by atoms with Gasteiger partial charge in [-0.05, 0) is 12.5 Å². The van der Waals surface area contributed by atoms with Crippen molar-refractivity contribution >= 4 is 5.71 Å². The first-order chi connectivity index (χ1) is 9.93. The van der Waals surface area contributed by atoms with Crippen LogP contribution >= 0.6 is 0 Å². The lowest BCUT2D eigenvalue weighted by Crippen LogP contribution is -2.12. The topological polar surface area (TPSA) is 36.1 Å². The van der Waals surface area contributed by atoms with E-state index in [1.807, 2.05) is 0 Å². The van der Waals surface area contributed by atoms with Crippen LogP contribution in [0.15, 0.2) is 58.6 Å². The number of rotatable bonds is 4. The molecule has 21 heavy (non-hydrogen) atoms. The van der Waals surface area contributed by atoms with Crippen LogP contribution < -0.4 is 0 Å². The minimum atomic E-state index is -4.49. The van der Waals surface area contributed by atoms with Crippen LogP contribution in [0.4, 0.5) is 13.2 Å². The van der Waals surface area contributed by atoms with Crippen molar-refractivity contribution in [3.63, 3.8) is 0 Å². The molecule has 0 atom stereocenters. The molecule has 0 aromatic heterocycles. The second kappa shape index (κ2) is 7.44. The van der Waals surface area contributed by atoms with Crippen molar-refractivity contribution in [1.29, 1.82) is 5.26 Å². The summed E-state index contributed by atoms with van der Waals surface area (Å²) < 4.78 is 38.7. The zero-order valence-corrected chi connectivity index (χ0v) is 11.8. The van der Waals surface area contributed by atoms with E-state index in [0.29, 0.717) is 5.56 Å². The molecule has 0 aliphatic rings. The number of alkyl halides is 3. The van der Waals surface area contributed by atoms with E-state index in [9.17, 15) is 18.4 Å². The Hall–Kier alpha value is -2.35. The molecule has 1 aromatic rings. The van der Waals surface area contributed by atoms with Crippen molar-refractivity contribution in [2.45, 2.75) is 19.5 Å². The average molecular weight is 292 g/mol. The largest absolute Gasteiger partial charge is 0.416 e. The number of halogens is 3. The van der Waals surface area contributed by atoms with Crippen LogP contribution in [-0.2, 0) is 0 Å². The molecule has 0 N–H and O–H groups in total. The predicted octanol–water partition coefficient (Wildman–Crippen LogP) is 4.45. The van der Waals surface area contributed by atoms with Crippen molar-refractivity contribution in [2.24, 2.45) is 4.99 Å². The summed E-state index contributed by atoms with van der Waals surface area (Å²) in [6.07, 6.45) is -2.36. The monoisotopic (exact) mass is 292 g/mol. The van der Waals surface area contributed by atoms with Crippen LogP contribution in [0.3, 0.4) is 0 Å². The lowest BCUT2D eigenvalue weighted by Gasteiger charge is -2.10. The Labute approximate surface area is 121 Å². The molecule has 0 heterocycles. The van der Waals surface area contributed by atoms with E-state index >= 15 is 0 Å². The summed E-state index contributed by atoms with van der Waals surface area (Å²) in [6, 6.07) is 10.5. The summed E-state index contributed by atoms with van der Waals surface area (Å²) in [5, 5.41) is 9.18. The van der Waals surface area contributed by atoms with Gasteiger partial charge in [0.15, 0.2) is 0 Å². The second-order valence-corrected chi connectivity index (χ2v) is 4.17. The summed E-state index contributed by atoms with van der Waals surface area (Å²) in [4.78, 5) is 3.96. The Balaban J connectivity index is 3.32. The first-order valence-electron chi connectivity index (χ1n) is 6.35. The van der Waals surface area contributed by atoms with Gasteiger partial charge in [-0.15, -0.1) is 0 Å². The molecule has 0 amide bonds. The van der Waals surface area contributed by atoms with Gasteiger partial charge in [0.2, 0.25) is 0 Å². The molecule has 0 bridgehead atoms. The van der Waals surface area contributed by atoms with Crippen LogP contribution in [0.1, 0.15) is 18.9 Å². The van der Waals surface area contributed by atoms with Gasteiger partial charge in [0.05, 0.1) is 16.9 Å². The highest BCUT2D eigenvalue weighted by Crippen LogP contribution is 2.28. The van der Waals surface area contributed by atoms with Crippen molar-refractivity contribution in [3.05, 3.63) is 59.2 Å².